The fraction of sp³-hybridized carbons (Fsp3) is 0.500. The lowest BCUT2D eigenvalue weighted by atomic mass is 10.0. The highest BCUT2D eigenvalue weighted by Crippen LogP contribution is 2.10. The van der Waals surface area contributed by atoms with Gasteiger partial charge in [-0.1, -0.05) is 75.1 Å². The minimum absolute atomic E-state index is 0.158. The number of aliphatic hydroxyl groups is 3. The topological polar surface area (TPSA) is 98.0 Å². The number of hydrogen-bond donors (Lipinski definition) is 4. The molecule has 0 fully saturated rings. The lowest BCUT2D eigenvalue weighted by molar-refractivity contribution is -0.132. The molecule has 0 amide bonds. The highest BCUT2D eigenvalue weighted by Gasteiger charge is 2.13. The van der Waals surface area contributed by atoms with Crippen LogP contribution in [0.3, 0.4) is 0 Å². The molecule has 0 aliphatic heterocycles. The summed E-state index contributed by atoms with van der Waals surface area (Å²) in [7, 11) is 0. The van der Waals surface area contributed by atoms with Gasteiger partial charge in [0.25, 0.3) is 0 Å². The van der Waals surface area contributed by atoms with Crippen LogP contribution in [-0.4, -0.2) is 38.3 Å². The van der Waals surface area contributed by atoms with Gasteiger partial charge in [-0.2, -0.15) is 0 Å². The van der Waals surface area contributed by atoms with Crippen LogP contribution in [0.2, 0.25) is 0 Å². The zero-order valence-electron chi connectivity index (χ0n) is 16.2. The summed E-state index contributed by atoms with van der Waals surface area (Å²) in [5.74, 6) is -3.53. The van der Waals surface area contributed by atoms with Crippen LogP contribution in [0.15, 0.2) is 60.8 Å². The van der Waals surface area contributed by atoms with Crippen molar-refractivity contribution in [1.29, 1.82) is 0 Å². The van der Waals surface area contributed by atoms with E-state index in [1.807, 2.05) is 18.2 Å². The average molecular weight is 379 g/mol. The zero-order chi connectivity index (χ0) is 20.4. The number of rotatable bonds is 15. The van der Waals surface area contributed by atoms with Crippen molar-refractivity contribution in [2.45, 2.75) is 70.2 Å². The van der Waals surface area contributed by atoms with Crippen LogP contribution in [0, 0.1) is 0 Å². The summed E-state index contributed by atoms with van der Waals surface area (Å²) in [6.07, 6.45) is 23.2. The van der Waals surface area contributed by atoms with E-state index in [1.165, 1.54) is 18.9 Å². The molecule has 5 heteroatoms. The molecular formula is C22H34O5. The first-order chi connectivity index (χ1) is 12.9. The Morgan fingerprint density at radius 2 is 1.48 bits per heavy atom. The van der Waals surface area contributed by atoms with Gasteiger partial charge >= 0.3 is 5.97 Å². The van der Waals surface area contributed by atoms with Crippen LogP contribution in [0.4, 0.5) is 0 Å². The lowest BCUT2D eigenvalue weighted by Crippen LogP contribution is -2.21. The average Bonchev–Trinajstić information content (AvgIpc) is 2.61. The minimum Gasteiger partial charge on any atom is -0.478 e. The SMILES string of the molecule is CCCCCC(O)CCCC/C=C/C=C/C=C/C=C/C(O)(O)/C=C/C(=O)O. The number of allylic oxidation sites excluding steroid dienone is 7. The summed E-state index contributed by atoms with van der Waals surface area (Å²) in [6.45, 7) is 2.16. The van der Waals surface area contributed by atoms with Crippen molar-refractivity contribution in [3.8, 4) is 0 Å². The van der Waals surface area contributed by atoms with E-state index in [1.54, 1.807) is 12.2 Å². The molecule has 1 unspecified atom stereocenters. The van der Waals surface area contributed by atoms with Gasteiger partial charge in [0.05, 0.1) is 6.10 Å². The van der Waals surface area contributed by atoms with Crippen molar-refractivity contribution in [3.05, 3.63) is 60.8 Å². The Kier molecular flexibility index (Phi) is 15.1. The standard InChI is InChI=1S/C22H34O5/c1-2-3-12-15-20(23)16-13-10-8-6-4-5-7-9-11-14-18-22(26,27)19-17-21(24)25/h4-7,9,11,14,17-20,23,26-27H,2-3,8,10,12-13,15-16H2,1H3,(H,24,25)/b6-4+,7-5+,11-9+,18-14+,19-17+. The fourth-order valence-corrected chi connectivity index (χ4v) is 2.29. The van der Waals surface area contributed by atoms with Crippen molar-refractivity contribution in [2.24, 2.45) is 0 Å². The van der Waals surface area contributed by atoms with E-state index in [0.29, 0.717) is 6.08 Å². The molecule has 0 aromatic carbocycles. The maximum absolute atomic E-state index is 10.3. The molecule has 0 aliphatic carbocycles. The Morgan fingerprint density at radius 1 is 0.889 bits per heavy atom. The van der Waals surface area contributed by atoms with Crippen LogP contribution in [-0.2, 0) is 4.79 Å². The molecule has 0 aliphatic rings. The summed E-state index contributed by atoms with van der Waals surface area (Å²) in [5.41, 5.74) is 0. The molecular weight excluding hydrogens is 344 g/mol. The van der Waals surface area contributed by atoms with Crippen LogP contribution in [0.25, 0.3) is 0 Å². The highest BCUT2D eigenvalue weighted by molar-refractivity contribution is 5.79. The van der Waals surface area contributed by atoms with Gasteiger partial charge in [-0.15, -0.1) is 0 Å². The fourth-order valence-electron chi connectivity index (χ4n) is 2.29. The smallest absolute Gasteiger partial charge is 0.328 e. The van der Waals surface area contributed by atoms with E-state index in [2.05, 4.69) is 13.0 Å². The highest BCUT2D eigenvalue weighted by atomic mass is 16.5. The Bertz CT molecular complexity index is 527. The number of carbonyl (C=O) groups is 1. The van der Waals surface area contributed by atoms with E-state index in [4.69, 9.17) is 5.11 Å². The molecule has 5 nitrogen and oxygen atoms in total. The van der Waals surface area contributed by atoms with E-state index >= 15 is 0 Å². The number of carboxylic acids is 1. The second-order valence-electron chi connectivity index (χ2n) is 6.45. The molecule has 27 heavy (non-hydrogen) atoms. The molecule has 0 bridgehead atoms. The minimum atomic E-state index is -2.28. The predicted molar refractivity (Wildman–Crippen MR) is 109 cm³/mol. The molecule has 0 spiro atoms. The van der Waals surface area contributed by atoms with E-state index < -0.39 is 11.8 Å². The zero-order valence-corrected chi connectivity index (χ0v) is 16.2. The van der Waals surface area contributed by atoms with Gasteiger partial charge in [-0.3, -0.25) is 0 Å². The second kappa shape index (κ2) is 16.2. The van der Waals surface area contributed by atoms with Gasteiger partial charge in [0, 0.05) is 6.08 Å². The van der Waals surface area contributed by atoms with Crippen molar-refractivity contribution in [2.75, 3.05) is 0 Å². The molecule has 0 aromatic rings. The quantitative estimate of drug-likeness (QED) is 0.149. The first-order valence-corrected chi connectivity index (χ1v) is 9.60. The maximum Gasteiger partial charge on any atom is 0.328 e. The third kappa shape index (κ3) is 18.6. The molecule has 4 N–H and O–H groups in total. The van der Waals surface area contributed by atoms with Crippen LogP contribution < -0.4 is 0 Å². The van der Waals surface area contributed by atoms with Gasteiger partial charge < -0.3 is 20.4 Å². The Morgan fingerprint density at radius 3 is 2.11 bits per heavy atom. The van der Waals surface area contributed by atoms with E-state index in [9.17, 15) is 20.1 Å². The lowest BCUT2D eigenvalue weighted by Gasteiger charge is -2.10. The van der Waals surface area contributed by atoms with Gasteiger partial charge in [0.15, 0.2) is 0 Å². The van der Waals surface area contributed by atoms with Crippen molar-refractivity contribution in [1.82, 2.24) is 0 Å². The molecule has 152 valence electrons. The molecule has 0 aromatic heterocycles. The molecule has 0 rings (SSSR count). The third-order valence-electron chi connectivity index (χ3n) is 3.80. The van der Waals surface area contributed by atoms with Crippen molar-refractivity contribution >= 4 is 5.97 Å². The molecule has 0 saturated heterocycles. The normalized spacial score (nSPS) is 14.5. The first-order valence-electron chi connectivity index (χ1n) is 9.60. The first kappa shape index (κ1) is 25.1. The third-order valence-corrected chi connectivity index (χ3v) is 3.80. The predicted octanol–water partition coefficient (Wildman–Crippen LogP) is 4.03. The Hall–Kier alpha value is -1.95. The van der Waals surface area contributed by atoms with Gasteiger partial charge in [0.1, 0.15) is 0 Å². The van der Waals surface area contributed by atoms with Crippen molar-refractivity contribution in [3.63, 3.8) is 0 Å². The molecule has 0 heterocycles. The van der Waals surface area contributed by atoms with Crippen molar-refractivity contribution < 1.29 is 25.2 Å². The largest absolute Gasteiger partial charge is 0.478 e. The summed E-state index contributed by atoms with van der Waals surface area (Å²) < 4.78 is 0. The number of aliphatic carboxylic acids is 1. The molecule has 0 radical (unpaired) electrons. The van der Waals surface area contributed by atoms with Crippen LogP contribution in [0.5, 0.6) is 0 Å². The Labute approximate surface area is 162 Å². The molecule has 1 atom stereocenters. The van der Waals surface area contributed by atoms with E-state index in [-0.39, 0.29) is 6.10 Å². The van der Waals surface area contributed by atoms with Gasteiger partial charge in [0.2, 0.25) is 5.79 Å². The van der Waals surface area contributed by atoms with Gasteiger partial charge in [-0.05, 0) is 37.8 Å². The number of unbranched alkanes of at least 4 members (excludes halogenated alkanes) is 4. The summed E-state index contributed by atoms with van der Waals surface area (Å²) >= 11 is 0. The number of carboxylic acid groups (broad SMARTS) is 1. The van der Waals surface area contributed by atoms with Crippen LogP contribution in [0.1, 0.15) is 58.3 Å². The number of hydrogen-bond acceptors (Lipinski definition) is 4. The Balaban J connectivity index is 3.85. The van der Waals surface area contributed by atoms with E-state index in [0.717, 1.165) is 50.7 Å². The monoisotopic (exact) mass is 378 g/mol. The van der Waals surface area contributed by atoms with Gasteiger partial charge in [-0.25, -0.2) is 4.79 Å². The van der Waals surface area contributed by atoms with Crippen LogP contribution >= 0.6 is 0 Å². The second-order valence-corrected chi connectivity index (χ2v) is 6.45. The maximum atomic E-state index is 10.3. The molecule has 0 saturated carbocycles. The summed E-state index contributed by atoms with van der Waals surface area (Å²) in [5, 5.41) is 37.1. The number of aliphatic hydroxyl groups excluding tert-OH is 1. The summed E-state index contributed by atoms with van der Waals surface area (Å²) in [6, 6.07) is 0. The summed E-state index contributed by atoms with van der Waals surface area (Å²) in [4.78, 5) is 10.3.